The van der Waals surface area contributed by atoms with Gasteiger partial charge in [-0.15, -0.1) is 0 Å². The molecule has 7 nitrogen and oxygen atoms in total. The molecule has 176 valence electrons. The van der Waals surface area contributed by atoms with Crippen LogP contribution in [0.3, 0.4) is 0 Å². The van der Waals surface area contributed by atoms with Crippen LogP contribution < -0.4 is 9.44 Å². The largest absolute Gasteiger partial charge is 0.511 e. The molecule has 0 fully saturated rings. The van der Waals surface area contributed by atoms with Gasteiger partial charge in [0.25, 0.3) is 0 Å². The van der Waals surface area contributed by atoms with Crippen molar-refractivity contribution in [3.05, 3.63) is 0 Å². The van der Waals surface area contributed by atoms with Crippen LogP contribution in [0.2, 0.25) is 38.3 Å². The molecule has 0 saturated carbocycles. The molecule has 0 rings (SSSR count). The van der Waals surface area contributed by atoms with Gasteiger partial charge in [-0.2, -0.15) is 26.3 Å². The number of halogens is 6. The van der Waals surface area contributed by atoms with Crippen molar-refractivity contribution in [1.29, 1.82) is 0 Å². The van der Waals surface area contributed by atoms with Crippen molar-refractivity contribution in [3.63, 3.8) is 0 Å². The van der Waals surface area contributed by atoms with Crippen LogP contribution in [0.15, 0.2) is 0 Å². The fraction of sp³-hybridized carbons (Fsp3) is 1.00. The summed E-state index contributed by atoms with van der Waals surface area (Å²) in [5, 5.41) is 0. The molecule has 0 aliphatic rings. The summed E-state index contributed by atoms with van der Waals surface area (Å²) in [5.74, 6) is 0. The van der Waals surface area contributed by atoms with Crippen LogP contribution in [-0.4, -0.2) is 57.6 Å². The quantitative estimate of drug-likeness (QED) is 0.238. The third-order valence-electron chi connectivity index (χ3n) is 3.51. The Morgan fingerprint density at radius 3 is 1.28 bits per heavy atom. The maximum atomic E-state index is 12.3. The lowest BCUT2D eigenvalue weighted by Crippen LogP contribution is -2.46. The molecule has 17 heteroatoms. The Labute approximate surface area is 168 Å². The summed E-state index contributed by atoms with van der Waals surface area (Å²) >= 11 is 0. The average molecular weight is 513 g/mol. The average Bonchev–Trinajstić information content (AvgIpc) is 2.44. The summed E-state index contributed by atoms with van der Waals surface area (Å²) in [4.78, 5) is 0. The Kier molecular flexibility index (Phi) is 9.87. The number of nitrogens with one attached hydrogen (secondary N) is 2. The zero-order valence-electron chi connectivity index (χ0n) is 16.4. The minimum absolute atomic E-state index is 0.0385. The molecular weight excluding hydrogens is 486 g/mol. The fourth-order valence-corrected chi connectivity index (χ4v) is 12.5. The highest BCUT2D eigenvalue weighted by Crippen LogP contribution is 2.27. The second-order valence-corrected chi connectivity index (χ2v) is 20.0. The van der Waals surface area contributed by atoms with E-state index >= 15 is 0 Å². The molecule has 0 unspecified atom stereocenters. The molecule has 0 heterocycles. The van der Waals surface area contributed by atoms with Gasteiger partial charge in [-0.1, -0.05) is 0 Å². The van der Waals surface area contributed by atoms with Crippen LogP contribution >= 0.6 is 0 Å². The van der Waals surface area contributed by atoms with Gasteiger partial charge in [0.05, 0.1) is 0 Å². The molecule has 2 N–H and O–H groups in total. The van der Waals surface area contributed by atoms with E-state index in [2.05, 4.69) is 0 Å². The van der Waals surface area contributed by atoms with Crippen molar-refractivity contribution in [1.82, 2.24) is 9.44 Å². The lowest BCUT2D eigenvalue weighted by atomic mass is 10.5. The van der Waals surface area contributed by atoms with Gasteiger partial charge in [0.15, 0.2) is 16.6 Å². The Morgan fingerprint density at radius 2 is 1.03 bits per heavy atom. The summed E-state index contributed by atoms with van der Waals surface area (Å²) in [6.45, 7) is 6.37. The highest BCUT2D eigenvalue weighted by atomic mass is 32.2. The number of sulfonamides is 2. The molecule has 0 saturated heterocycles. The van der Waals surface area contributed by atoms with E-state index in [0.29, 0.717) is 0 Å². The molecule has 29 heavy (non-hydrogen) atoms. The summed E-state index contributed by atoms with van der Waals surface area (Å²) in [6, 6.07) is 0.507. The minimum atomic E-state index is -5.45. The first-order valence-corrected chi connectivity index (χ1v) is 17.6. The normalized spacial score (nSPS) is 15.0. The zero-order valence-corrected chi connectivity index (χ0v) is 20.0. The van der Waals surface area contributed by atoms with Gasteiger partial charge in [-0.3, -0.25) is 0 Å². The second kappa shape index (κ2) is 9.94. The lowest BCUT2D eigenvalue weighted by Gasteiger charge is -2.35. The Balaban J connectivity index is 4.83. The van der Waals surface area contributed by atoms with Crippen LogP contribution in [0, 0.1) is 0 Å². The lowest BCUT2D eigenvalue weighted by molar-refractivity contribution is -0.0453. The maximum Gasteiger partial charge on any atom is 0.511 e. The van der Waals surface area contributed by atoms with Crippen molar-refractivity contribution in [2.75, 3.05) is 13.1 Å². The maximum absolute atomic E-state index is 12.3. The van der Waals surface area contributed by atoms with Gasteiger partial charge in [0.2, 0.25) is 0 Å². The molecule has 0 amide bonds. The van der Waals surface area contributed by atoms with E-state index in [4.69, 9.17) is 4.12 Å². The molecular formula is C12H26F6N2O5S2Si2. The first-order valence-electron chi connectivity index (χ1n) is 8.44. The van der Waals surface area contributed by atoms with E-state index in [0.717, 1.165) is 0 Å². The number of rotatable bonds is 12. The number of hydrogen-bond acceptors (Lipinski definition) is 5. The van der Waals surface area contributed by atoms with E-state index in [1.54, 1.807) is 6.55 Å². The van der Waals surface area contributed by atoms with Crippen LogP contribution in [-0.2, 0) is 24.2 Å². The Morgan fingerprint density at radius 1 is 0.724 bits per heavy atom. The molecule has 0 bridgehead atoms. The first-order chi connectivity index (χ1) is 12.6. The summed E-state index contributed by atoms with van der Waals surface area (Å²) in [7, 11) is -15.7. The molecule has 0 aromatic heterocycles. The molecule has 0 aromatic carbocycles. The molecule has 0 spiro atoms. The predicted molar refractivity (Wildman–Crippen MR) is 101 cm³/mol. The molecule has 0 radical (unpaired) electrons. The summed E-state index contributed by atoms with van der Waals surface area (Å²) in [5.41, 5.74) is -10.8. The third-order valence-corrected chi connectivity index (χ3v) is 13.1. The van der Waals surface area contributed by atoms with Gasteiger partial charge >= 0.3 is 31.1 Å². The fourth-order valence-electron chi connectivity index (χ4n) is 2.47. The Hall–Kier alpha value is -0.206. The van der Waals surface area contributed by atoms with Crippen LogP contribution in [0.4, 0.5) is 26.3 Å². The van der Waals surface area contributed by atoms with Crippen LogP contribution in [0.1, 0.15) is 12.8 Å². The van der Waals surface area contributed by atoms with Crippen LogP contribution in [0.25, 0.3) is 0 Å². The first kappa shape index (κ1) is 28.8. The zero-order chi connectivity index (χ0) is 23.4. The molecule has 0 aliphatic carbocycles. The van der Waals surface area contributed by atoms with Crippen LogP contribution in [0.5, 0.6) is 0 Å². The highest BCUT2D eigenvalue weighted by Gasteiger charge is 2.46. The monoisotopic (exact) mass is 512 g/mol. The van der Waals surface area contributed by atoms with E-state index in [-0.39, 0.29) is 24.9 Å². The van der Waals surface area contributed by atoms with Crippen molar-refractivity contribution in [2.45, 2.75) is 62.1 Å². The van der Waals surface area contributed by atoms with Crippen molar-refractivity contribution in [3.8, 4) is 0 Å². The molecule has 0 aliphatic heterocycles. The van der Waals surface area contributed by atoms with Gasteiger partial charge in [-0.05, 0) is 51.1 Å². The molecule has 0 aromatic rings. The summed E-state index contributed by atoms with van der Waals surface area (Å²) < 4.78 is 127. The highest BCUT2D eigenvalue weighted by molar-refractivity contribution is 7.90. The SMILES string of the molecule is C[Si](C)(C)O[Si](C)(CCCNS(=O)(=O)C(F)(F)F)CCCNS(=O)(=O)C(F)(F)F. The van der Waals surface area contributed by atoms with Crippen molar-refractivity contribution >= 4 is 36.7 Å². The van der Waals surface area contributed by atoms with E-state index in [1.807, 2.05) is 19.6 Å². The van der Waals surface area contributed by atoms with Gasteiger partial charge in [0.1, 0.15) is 0 Å². The van der Waals surface area contributed by atoms with Gasteiger partial charge in [0, 0.05) is 13.1 Å². The van der Waals surface area contributed by atoms with Gasteiger partial charge in [-0.25, -0.2) is 26.3 Å². The number of hydrogen-bond donors (Lipinski definition) is 2. The predicted octanol–water partition coefficient (Wildman–Crippen LogP) is 3.07. The third kappa shape index (κ3) is 10.6. The van der Waals surface area contributed by atoms with Crippen molar-refractivity contribution in [2.24, 2.45) is 0 Å². The van der Waals surface area contributed by atoms with E-state index < -0.39 is 60.8 Å². The smallest absolute Gasteiger partial charge is 0.456 e. The summed E-state index contributed by atoms with van der Waals surface area (Å²) in [6.07, 6.45) is 0.0770. The van der Waals surface area contributed by atoms with Gasteiger partial charge < -0.3 is 4.12 Å². The number of alkyl halides is 6. The van der Waals surface area contributed by atoms with E-state index in [1.165, 1.54) is 9.44 Å². The van der Waals surface area contributed by atoms with E-state index in [9.17, 15) is 43.2 Å². The topological polar surface area (TPSA) is 102 Å². The van der Waals surface area contributed by atoms with Crippen molar-refractivity contribution < 1.29 is 47.3 Å². The second-order valence-electron chi connectivity index (χ2n) is 7.56. The Bertz CT molecular complexity index is 683. The minimum Gasteiger partial charge on any atom is -0.456 e. The standard InChI is InChI=1S/C12H26F6N2O5S2Si2/c1-28(2,3)25-29(4,9-5-7-19-26(21,22)11(13,14)15)10-6-8-20-27(23,24)12(16,17)18/h19-20H,5-10H2,1-4H3. The molecule has 0 atom stereocenters.